The molecule has 0 aliphatic heterocycles. The van der Waals surface area contributed by atoms with Crippen LogP contribution in [0.25, 0.3) is 0 Å². The van der Waals surface area contributed by atoms with Crippen LogP contribution in [-0.4, -0.2) is 11.5 Å². The van der Waals surface area contributed by atoms with E-state index in [-0.39, 0.29) is 0 Å². The molecule has 0 aliphatic rings. The molecule has 0 unspecified atom stereocenters. The van der Waals surface area contributed by atoms with Crippen LogP contribution in [-0.2, 0) is 6.54 Å². The molecule has 68 valence electrons. The standard InChI is InChI=1S/C11H14N2/c1-3-4-5-12-8-11-6-10(2)7-13-9-11/h1,6-7,9,12H,4-5,8H2,2H3. The molecule has 13 heavy (non-hydrogen) atoms. The molecule has 0 radical (unpaired) electrons. The van der Waals surface area contributed by atoms with Gasteiger partial charge in [0.2, 0.25) is 0 Å². The second kappa shape index (κ2) is 5.34. The molecule has 0 saturated heterocycles. The van der Waals surface area contributed by atoms with E-state index in [2.05, 4.69) is 22.3 Å². The quantitative estimate of drug-likeness (QED) is 0.552. The van der Waals surface area contributed by atoms with Crippen LogP contribution in [0.2, 0.25) is 0 Å². The van der Waals surface area contributed by atoms with E-state index >= 15 is 0 Å². The fraction of sp³-hybridized carbons (Fsp3) is 0.364. The number of rotatable bonds is 4. The molecule has 1 aromatic rings. The minimum absolute atomic E-state index is 0.777. The second-order valence-corrected chi connectivity index (χ2v) is 3.00. The highest BCUT2D eigenvalue weighted by molar-refractivity contribution is 5.16. The van der Waals surface area contributed by atoms with Crippen molar-refractivity contribution in [2.24, 2.45) is 0 Å². The average Bonchev–Trinajstić information content (AvgIpc) is 2.13. The first-order valence-corrected chi connectivity index (χ1v) is 4.37. The Kier molecular flexibility index (Phi) is 4.01. The van der Waals surface area contributed by atoms with Crippen LogP contribution in [0.1, 0.15) is 17.5 Å². The van der Waals surface area contributed by atoms with Gasteiger partial charge in [-0.25, -0.2) is 0 Å². The summed E-state index contributed by atoms with van der Waals surface area (Å²) in [5.41, 5.74) is 2.40. The van der Waals surface area contributed by atoms with Crippen molar-refractivity contribution in [2.45, 2.75) is 19.9 Å². The fourth-order valence-corrected chi connectivity index (χ4v) is 1.11. The summed E-state index contributed by atoms with van der Waals surface area (Å²) in [4.78, 5) is 4.10. The van der Waals surface area contributed by atoms with E-state index in [0.29, 0.717) is 0 Å². The molecule has 0 atom stereocenters. The van der Waals surface area contributed by atoms with Gasteiger partial charge in [-0.1, -0.05) is 6.07 Å². The van der Waals surface area contributed by atoms with E-state index in [1.54, 1.807) is 0 Å². The van der Waals surface area contributed by atoms with Crippen molar-refractivity contribution in [3.8, 4) is 12.3 Å². The van der Waals surface area contributed by atoms with Gasteiger partial charge in [0.25, 0.3) is 0 Å². The van der Waals surface area contributed by atoms with E-state index in [1.165, 1.54) is 11.1 Å². The monoisotopic (exact) mass is 174 g/mol. The zero-order valence-corrected chi connectivity index (χ0v) is 7.88. The van der Waals surface area contributed by atoms with Crippen LogP contribution in [0.3, 0.4) is 0 Å². The normalized spacial score (nSPS) is 9.54. The van der Waals surface area contributed by atoms with Crippen LogP contribution in [0.15, 0.2) is 18.5 Å². The molecule has 2 nitrogen and oxygen atoms in total. The average molecular weight is 174 g/mol. The van der Waals surface area contributed by atoms with Crippen molar-refractivity contribution >= 4 is 0 Å². The van der Waals surface area contributed by atoms with Crippen LogP contribution in [0.4, 0.5) is 0 Å². The molecule has 1 aromatic heterocycles. The number of nitrogens with one attached hydrogen (secondary N) is 1. The van der Waals surface area contributed by atoms with Gasteiger partial charge in [0.15, 0.2) is 0 Å². The summed E-state index contributed by atoms with van der Waals surface area (Å²) in [7, 11) is 0. The van der Waals surface area contributed by atoms with Crippen molar-refractivity contribution in [3.63, 3.8) is 0 Å². The van der Waals surface area contributed by atoms with Gasteiger partial charge in [-0.15, -0.1) is 12.3 Å². The van der Waals surface area contributed by atoms with Crippen LogP contribution in [0, 0.1) is 19.3 Å². The van der Waals surface area contributed by atoms with Gasteiger partial charge in [0.1, 0.15) is 0 Å². The molecule has 1 N–H and O–H groups in total. The number of hydrogen-bond acceptors (Lipinski definition) is 2. The molecular formula is C11H14N2. The zero-order valence-electron chi connectivity index (χ0n) is 7.88. The molecule has 0 saturated carbocycles. The van der Waals surface area contributed by atoms with Crippen molar-refractivity contribution in [2.75, 3.05) is 6.54 Å². The van der Waals surface area contributed by atoms with Crippen molar-refractivity contribution in [1.82, 2.24) is 10.3 Å². The summed E-state index contributed by atoms with van der Waals surface area (Å²) in [5, 5.41) is 3.25. The number of pyridine rings is 1. The van der Waals surface area contributed by atoms with Gasteiger partial charge in [-0.2, -0.15) is 0 Å². The van der Waals surface area contributed by atoms with E-state index in [1.807, 2.05) is 19.3 Å². The van der Waals surface area contributed by atoms with Crippen LogP contribution in [0.5, 0.6) is 0 Å². The van der Waals surface area contributed by atoms with E-state index in [9.17, 15) is 0 Å². The first kappa shape index (κ1) is 9.76. The third kappa shape index (κ3) is 3.73. The molecule has 0 aromatic carbocycles. The Balaban J connectivity index is 2.33. The van der Waals surface area contributed by atoms with Crippen LogP contribution >= 0.6 is 0 Å². The second-order valence-electron chi connectivity index (χ2n) is 3.00. The summed E-state index contributed by atoms with van der Waals surface area (Å²) in [6.07, 6.45) is 9.63. The molecule has 0 spiro atoms. The maximum atomic E-state index is 5.13. The summed E-state index contributed by atoms with van der Waals surface area (Å²) in [6.45, 7) is 3.75. The van der Waals surface area contributed by atoms with Gasteiger partial charge in [0.05, 0.1) is 0 Å². The smallest absolute Gasteiger partial charge is 0.0313 e. The molecule has 2 heteroatoms. The highest BCUT2D eigenvalue weighted by Crippen LogP contribution is 1.99. The minimum Gasteiger partial charge on any atom is -0.312 e. The SMILES string of the molecule is C#CCCNCc1cncc(C)c1. The predicted molar refractivity (Wildman–Crippen MR) is 54.1 cm³/mol. The summed E-state index contributed by atoms with van der Waals surface area (Å²) < 4.78 is 0. The third-order valence-electron chi connectivity index (χ3n) is 1.71. The Morgan fingerprint density at radius 3 is 3.08 bits per heavy atom. The van der Waals surface area contributed by atoms with Crippen molar-refractivity contribution in [1.29, 1.82) is 0 Å². The number of terminal acetylenes is 1. The molecule has 0 fully saturated rings. The van der Waals surface area contributed by atoms with Crippen molar-refractivity contribution < 1.29 is 0 Å². The number of hydrogen-bond donors (Lipinski definition) is 1. The molecular weight excluding hydrogens is 160 g/mol. The lowest BCUT2D eigenvalue weighted by atomic mass is 10.2. The lowest BCUT2D eigenvalue weighted by Gasteiger charge is -2.02. The Morgan fingerprint density at radius 2 is 2.38 bits per heavy atom. The Labute approximate surface area is 79.4 Å². The Morgan fingerprint density at radius 1 is 1.54 bits per heavy atom. The van der Waals surface area contributed by atoms with E-state index in [4.69, 9.17) is 6.42 Å². The van der Waals surface area contributed by atoms with Gasteiger partial charge >= 0.3 is 0 Å². The Hall–Kier alpha value is -1.33. The van der Waals surface area contributed by atoms with E-state index in [0.717, 1.165) is 19.5 Å². The third-order valence-corrected chi connectivity index (χ3v) is 1.71. The van der Waals surface area contributed by atoms with Gasteiger partial charge in [-0.05, 0) is 18.1 Å². The molecule has 1 heterocycles. The number of aromatic nitrogens is 1. The van der Waals surface area contributed by atoms with Crippen molar-refractivity contribution in [3.05, 3.63) is 29.6 Å². The maximum Gasteiger partial charge on any atom is 0.0313 e. The molecule has 0 amide bonds. The minimum atomic E-state index is 0.777. The zero-order chi connectivity index (χ0) is 9.52. The number of aryl methyl sites for hydroxylation is 1. The van der Waals surface area contributed by atoms with Gasteiger partial charge in [0, 0.05) is 31.9 Å². The highest BCUT2D eigenvalue weighted by atomic mass is 14.8. The summed E-state index contributed by atoms with van der Waals surface area (Å²) in [5.74, 6) is 2.59. The number of nitrogens with zero attached hydrogens (tertiary/aromatic N) is 1. The highest BCUT2D eigenvalue weighted by Gasteiger charge is 1.92. The maximum absolute atomic E-state index is 5.13. The first-order chi connectivity index (χ1) is 6.33. The lowest BCUT2D eigenvalue weighted by molar-refractivity contribution is 0.699. The fourth-order valence-electron chi connectivity index (χ4n) is 1.11. The molecule has 0 aliphatic carbocycles. The predicted octanol–water partition coefficient (Wildman–Crippen LogP) is 1.50. The van der Waals surface area contributed by atoms with Gasteiger partial charge < -0.3 is 5.32 Å². The van der Waals surface area contributed by atoms with Gasteiger partial charge in [-0.3, -0.25) is 4.98 Å². The summed E-state index contributed by atoms with van der Waals surface area (Å²) >= 11 is 0. The molecule has 1 rings (SSSR count). The topological polar surface area (TPSA) is 24.9 Å². The largest absolute Gasteiger partial charge is 0.312 e. The Bertz CT molecular complexity index is 299. The van der Waals surface area contributed by atoms with E-state index < -0.39 is 0 Å². The first-order valence-electron chi connectivity index (χ1n) is 4.37. The van der Waals surface area contributed by atoms with Crippen LogP contribution < -0.4 is 5.32 Å². The summed E-state index contributed by atoms with van der Waals surface area (Å²) in [6, 6.07) is 2.12. The lowest BCUT2D eigenvalue weighted by Crippen LogP contribution is -2.14. The molecule has 0 bridgehead atoms.